The van der Waals surface area contributed by atoms with Crippen LogP contribution in [-0.4, -0.2) is 98.5 Å². The molecule has 1 N–H and O–H groups in total. The van der Waals surface area contributed by atoms with Gasteiger partial charge in [-0.2, -0.15) is 0 Å². The summed E-state index contributed by atoms with van der Waals surface area (Å²) < 4.78 is 11.9. The fourth-order valence-electron chi connectivity index (χ4n) is 5.06. The van der Waals surface area contributed by atoms with Crippen LogP contribution in [-0.2, 0) is 14.3 Å². The van der Waals surface area contributed by atoms with E-state index in [0.717, 1.165) is 25.7 Å². The number of imide groups is 1. The van der Waals surface area contributed by atoms with Crippen LogP contribution in [0.5, 0.6) is 0 Å². The molecule has 0 aromatic carbocycles. The Balaban J connectivity index is 1.62. The Kier molecular flexibility index (Phi) is 7.19. The Morgan fingerprint density at radius 2 is 1.97 bits per heavy atom. The number of likely N-dealkylation sites (N-methyl/N-ethyl adjacent to an activating group) is 1. The molecule has 3 amide bonds. The van der Waals surface area contributed by atoms with Crippen LogP contribution in [0.2, 0.25) is 0 Å². The Hall–Kier alpha value is -1.22. The lowest BCUT2D eigenvalue weighted by Gasteiger charge is -2.49. The Morgan fingerprint density at radius 1 is 1.28 bits per heavy atom. The quantitative estimate of drug-likeness (QED) is 0.738. The zero-order valence-corrected chi connectivity index (χ0v) is 18.6. The van der Waals surface area contributed by atoms with E-state index in [0.29, 0.717) is 44.8 Å². The monoisotopic (exact) mass is 410 g/mol. The van der Waals surface area contributed by atoms with Gasteiger partial charge in [-0.25, -0.2) is 4.79 Å². The van der Waals surface area contributed by atoms with Crippen LogP contribution < -0.4 is 5.32 Å². The van der Waals surface area contributed by atoms with Crippen LogP contribution in [0.4, 0.5) is 4.79 Å². The lowest BCUT2D eigenvalue weighted by Crippen LogP contribution is -2.57. The van der Waals surface area contributed by atoms with E-state index in [2.05, 4.69) is 17.3 Å². The molecule has 8 heteroatoms. The van der Waals surface area contributed by atoms with Crippen LogP contribution in [0, 0.1) is 11.8 Å². The predicted octanol–water partition coefficient (Wildman–Crippen LogP) is 1.36. The largest absolute Gasteiger partial charge is 0.348 e. The SMILES string of the molecule is CCN(C(=O)NC[C@H](C)N(C)C)C(=O)[C@@H]1C[C@@H]2CC3(CC[C@H]2N(C)C1)OCCO3. The molecule has 0 aromatic rings. The number of carbonyl (C=O) groups excluding carboxylic acids is 2. The molecule has 2 saturated heterocycles. The molecule has 8 nitrogen and oxygen atoms in total. The van der Waals surface area contributed by atoms with Crippen molar-refractivity contribution in [3.63, 3.8) is 0 Å². The third kappa shape index (κ3) is 4.93. The molecular weight excluding hydrogens is 372 g/mol. The summed E-state index contributed by atoms with van der Waals surface area (Å²) in [5.74, 6) is -0.336. The highest BCUT2D eigenvalue weighted by Gasteiger charge is 2.49. The lowest BCUT2D eigenvalue weighted by atomic mass is 9.72. The number of rotatable bonds is 5. The van der Waals surface area contributed by atoms with Crippen molar-refractivity contribution in [3.8, 4) is 0 Å². The average Bonchev–Trinajstić information content (AvgIpc) is 3.13. The Labute approximate surface area is 174 Å². The van der Waals surface area contributed by atoms with Gasteiger partial charge in [0.05, 0.1) is 19.1 Å². The van der Waals surface area contributed by atoms with E-state index in [1.54, 1.807) is 0 Å². The van der Waals surface area contributed by atoms with Gasteiger partial charge in [0.15, 0.2) is 5.79 Å². The highest BCUT2D eigenvalue weighted by molar-refractivity contribution is 5.95. The van der Waals surface area contributed by atoms with Crippen molar-refractivity contribution in [2.24, 2.45) is 11.8 Å². The van der Waals surface area contributed by atoms with Crippen LogP contribution >= 0.6 is 0 Å². The number of urea groups is 1. The van der Waals surface area contributed by atoms with Crippen molar-refractivity contribution in [2.45, 2.75) is 57.4 Å². The van der Waals surface area contributed by atoms with Crippen molar-refractivity contribution in [1.82, 2.24) is 20.0 Å². The molecular formula is C21H38N4O4. The number of amides is 3. The van der Waals surface area contributed by atoms with Crippen molar-refractivity contribution >= 4 is 11.9 Å². The maximum atomic E-state index is 13.2. The van der Waals surface area contributed by atoms with E-state index < -0.39 is 5.79 Å². The molecule has 0 aromatic heterocycles. The van der Waals surface area contributed by atoms with Gasteiger partial charge in [0.2, 0.25) is 5.91 Å². The third-order valence-corrected chi connectivity index (χ3v) is 7.02. The van der Waals surface area contributed by atoms with Gasteiger partial charge in [0.25, 0.3) is 0 Å². The van der Waals surface area contributed by atoms with Crippen molar-refractivity contribution in [3.05, 3.63) is 0 Å². The molecule has 1 saturated carbocycles. The first-order chi connectivity index (χ1) is 13.8. The van der Waals surface area contributed by atoms with E-state index in [1.807, 2.05) is 32.8 Å². The first-order valence-corrected chi connectivity index (χ1v) is 11.0. The maximum absolute atomic E-state index is 13.2. The van der Waals surface area contributed by atoms with Gasteiger partial charge in [-0.15, -0.1) is 0 Å². The fraction of sp³-hybridized carbons (Fsp3) is 0.905. The number of ether oxygens (including phenoxy) is 2. The average molecular weight is 411 g/mol. The van der Waals surface area contributed by atoms with Gasteiger partial charge in [-0.1, -0.05) is 0 Å². The summed E-state index contributed by atoms with van der Waals surface area (Å²) in [6.45, 7) is 6.81. The molecule has 0 radical (unpaired) electrons. The molecule has 0 unspecified atom stereocenters. The predicted molar refractivity (Wildman–Crippen MR) is 110 cm³/mol. The summed E-state index contributed by atoms with van der Waals surface area (Å²) in [4.78, 5) is 31.6. The number of nitrogens with one attached hydrogen (secondary N) is 1. The van der Waals surface area contributed by atoms with Crippen molar-refractivity contribution < 1.29 is 19.1 Å². The Morgan fingerprint density at radius 3 is 2.59 bits per heavy atom. The maximum Gasteiger partial charge on any atom is 0.324 e. The first-order valence-electron chi connectivity index (χ1n) is 11.0. The van der Waals surface area contributed by atoms with Crippen LogP contribution in [0.15, 0.2) is 0 Å². The van der Waals surface area contributed by atoms with Gasteiger partial charge in [-0.05, 0) is 53.8 Å². The highest BCUT2D eigenvalue weighted by Crippen LogP contribution is 2.45. The molecule has 29 heavy (non-hydrogen) atoms. The second kappa shape index (κ2) is 9.29. The molecule has 166 valence electrons. The normalized spacial score (nSPS) is 30.2. The second-order valence-electron chi connectivity index (χ2n) is 9.13. The zero-order chi connectivity index (χ0) is 21.2. The van der Waals surface area contributed by atoms with Gasteiger partial charge < -0.3 is 24.6 Å². The smallest absolute Gasteiger partial charge is 0.324 e. The van der Waals surface area contributed by atoms with Gasteiger partial charge in [0.1, 0.15) is 0 Å². The number of hydrogen-bond acceptors (Lipinski definition) is 6. The Bertz CT molecular complexity index is 593. The van der Waals surface area contributed by atoms with E-state index in [1.165, 1.54) is 4.90 Å². The fourth-order valence-corrected chi connectivity index (χ4v) is 5.06. The number of fused-ring (bicyclic) bond motifs is 1. The molecule has 2 heterocycles. The number of hydrogen-bond donors (Lipinski definition) is 1. The molecule has 3 rings (SSSR count). The van der Waals surface area contributed by atoms with Crippen LogP contribution in [0.1, 0.15) is 39.5 Å². The lowest BCUT2D eigenvalue weighted by molar-refractivity contribution is -0.202. The molecule has 2 aliphatic heterocycles. The highest BCUT2D eigenvalue weighted by atomic mass is 16.7. The molecule has 0 bridgehead atoms. The standard InChI is InChI=1S/C21H38N4O4/c1-6-25(20(27)22-13-15(2)23(3)4)19(26)17-11-16-12-21(28-9-10-29-21)8-7-18(16)24(5)14-17/h15-18H,6-14H2,1-5H3,(H,22,27)/t15-,16+,17+,18+/m0/s1. The van der Waals surface area contributed by atoms with E-state index in [4.69, 9.17) is 9.47 Å². The summed E-state index contributed by atoms with van der Waals surface area (Å²) in [5, 5.41) is 2.91. The molecule has 3 fully saturated rings. The van der Waals surface area contributed by atoms with Gasteiger partial charge >= 0.3 is 6.03 Å². The van der Waals surface area contributed by atoms with E-state index in [9.17, 15) is 9.59 Å². The number of likely N-dealkylation sites (tertiary alicyclic amines) is 1. The molecule has 4 atom stereocenters. The van der Waals surface area contributed by atoms with Crippen LogP contribution in [0.25, 0.3) is 0 Å². The van der Waals surface area contributed by atoms with E-state index >= 15 is 0 Å². The summed E-state index contributed by atoms with van der Waals surface area (Å²) in [6, 6.07) is 0.375. The van der Waals surface area contributed by atoms with Crippen LogP contribution in [0.3, 0.4) is 0 Å². The van der Waals surface area contributed by atoms with Gasteiger partial charge in [0, 0.05) is 44.6 Å². The summed E-state index contributed by atoms with van der Waals surface area (Å²) in [7, 11) is 6.05. The number of nitrogens with zero attached hydrogens (tertiary/aromatic N) is 3. The number of piperidine rings is 1. The first kappa shape index (κ1) is 22.5. The second-order valence-corrected chi connectivity index (χ2v) is 9.13. The summed E-state index contributed by atoms with van der Waals surface area (Å²) in [5.41, 5.74) is 0. The minimum Gasteiger partial charge on any atom is -0.348 e. The summed E-state index contributed by atoms with van der Waals surface area (Å²) in [6.07, 6.45) is 3.58. The van der Waals surface area contributed by atoms with Gasteiger partial charge in [-0.3, -0.25) is 9.69 Å². The zero-order valence-electron chi connectivity index (χ0n) is 18.6. The van der Waals surface area contributed by atoms with E-state index in [-0.39, 0.29) is 23.9 Å². The molecule has 1 spiro atoms. The minimum atomic E-state index is -0.447. The topological polar surface area (TPSA) is 74.4 Å². The minimum absolute atomic E-state index is 0.0688. The molecule has 1 aliphatic carbocycles. The van der Waals surface area contributed by atoms with Crippen molar-refractivity contribution in [2.75, 3.05) is 54.0 Å². The summed E-state index contributed by atoms with van der Waals surface area (Å²) >= 11 is 0. The number of carbonyl (C=O) groups is 2. The third-order valence-electron chi connectivity index (χ3n) is 7.02. The van der Waals surface area contributed by atoms with Crippen molar-refractivity contribution in [1.29, 1.82) is 0 Å². The molecule has 3 aliphatic rings.